The van der Waals surface area contributed by atoms with Crippen LogP contribution in [0.15, 0.2) is 23.0 Å². The zero-order valence-corrected chi connectivity index (χ0v) is 27.5. The van der Waals surface area contributed by atoms with Crippen molar-refractivity contribution in [2.45, 2.75) is 82.5 Å². The Morgan fingerprint density at radius 2 is 1.67 bits per heavy atom. The third-order valence-electron chi connectivity index (χ3n) is 11.6. The number of nitrogens with one attached hydrogen (secondary N) is 1. The van der Waals surface area contributed by atoms with Crippen molar-refractivity contribution in [1.29, 1.82) is 0 Å². The molecule has 5 aliphatic rings. The first-order valence-corrected chi connectivity index (χ1v) is 16.6. The van der Waals surface area contributed by atoms with Gasteiger partial charge in [-0.1, -0.05) is 13.3 Å². The molecule has 0 saturated heterocycles. The Morgan fingerprint density at radius 3 is 2.24 bits per heavy atom. The number of rotatable bonds is 7. The lowest BCUT2D eigenvalue weighted by Crippen LogP contribution is -2.65. The number of amides is 1. The van der Waals surface area contributed by atoms with Crippen molar-refractivity contribution < 1.29 is 34.8 Å². The lowest BCUT2D eigenvalue weighted by molar-refractivity contribution is -0.153. The second kappa shape index (κ2) is 11.7. The Bertz CT molecular complexity index is 1530. The predicted molar refractivity (Wildman–Crippen MR) is 173 cm³/mol. The Hall–Kier alpha value is -3.41. The fourth-order valence-corrected chi connectivity index (χ4v) is 9.80. The molecule has 0 aromatic heterocycles. The van der Waals surface area contributed by atoms with E-state index >= 15 is 0 Å². The van der Waals surface area contributed by atoms with Gasteiger partial charge in [0.15, 0.2) is 11.4 Å². The van der Waals surface area contributed by atoms with E-state index in [0.29, 0.717) is 18.2 Å². The lowest BCUT2D eigenvalue weighted by atomic mass is 9.57. The highest BCUT2D eigenvalue weighted by atomic mass is 16.3. The largest absolute Gasteiger partial charge is 0.508 e. The second-order valence-corrected chi connectivity index (χ2v) is 14.9. The number of anilines is 1. The fourth-order valence-electron chi connectivity index (χ4n) is 9.80. The third-order valence-corrected chi connectivity index (χ3v) is 11.6. The molecule has 3 saturated carbocycles. The van der Waals surface area contributed by atoms with Gasteiger partial charge in [0.1, 0.15) is 22.8 Å². The van der Waals surface area contributed by atoms with Gasteiger partial charge >= 0.3 is 0 Å². The zero-order valence-electron chi connectivity index (χ0n) is 27.5. The van der Waals surface area contributed by atoms with Crippen LogP contribution >= 0.6 is 0 Å². The number of phenolic OH excluding ortho intramolecular Hbond substituents is 1. The SMILES string of the molecule is CCC1CC2CC(C1)CC(NCc1cc(O)c3c(c1N(C)C)C[C@H]1C[C@H]4[C@H](N(C)C)C(=O)C(C(N)=O)=C(O)[C@@]4(O)C(=O)C1=C3O)C2. The van der Waals surface area contributed by atoms with Crippen LogP contribution in [0.3, 0.4) is 0 Å². The van der Waals surface area contributed by atoms with Crippen LogP contribution in [0.4, 0.5) is 5.69 Å². The Morgan fingerprint density at radius 1 is 1.02 bits per heavy atom. The summed E-state index contributed by atoms with van der Waals surface area (Å²) in [4.78, 5) is 43.2. The number of nitrogens with two attached hydrogens (primary N) is 1. The smallest absolute Gasteiger partial charge is 0.255 e. The molecule has 1 amide bonds. The van der Waals surface area contributed by atoms with Gasteiger partial charge in [0.25, 0.3) is 5.91 Å². The van der Waals surface area contributed by atoms with Crippen molar-refractivity contribution in [2.24, 2.45) is 35.3 Å². The summed E-state index contributed by atoms with van der Waals surface area (Å²) >= 11 is 0. The standard InChI is InChI=1S/C35H48N4O7/c1-6-16-7-17-9-18(8-16)11-21(10-17)37-15-20-14-24(40)26-22(28(20)38(2)3)12-19-13-23-29(39(4)5)31(42)27(34(36)45)33(44)35(23,46)32(43)25(19)30(26)41/h14,16-19,21,23,29,37,40-41,44,46H,6-13,15H2,1-5H3,(H2,36,45)/t16?,17?,18?,19-,21?,23-,29-,35-/m0/s1. The quantitative estimate of drug-likeness (QED) is 0.244. The van der Waals surface area contributed by atoms with E-state index in [0.717, 1.165) is 41.8 Å². The molecule has 0 spiro atoms. The number of carbonyl (C=O) groups is 3. The first-order chi connectivity index (χ1) is 21.7. The van der Waals surface area contributed by atoms with E-state index in [-0.39, 0.29) is 29.7 Å². The number of benzene rings is 1. The van der Waals surface area contributed by atoms with Crippen LogP contribution in [0.25, 0.3) is 5.76 Å². The van der Waals surface area contributed by atoms with Crippen molar-refractivity contribution in [3.05, 3.63) is 39.7 Å². The number of fused-ring (bicyclic) bond motifs is 5. The summed E-state index contributed by atoms with van der Waals surface area (Å²) in [5, 5.41) is 49.7. The number of ketones is 2. The summed E-state index contributed by atoms with van der Waals surface area (Å²) in [6.45, 7) is 2.83. The topological polar surface area (TPSA) is 177 Å². The van der Waals surface area contributed by atoms with Crippen LogP contribution in [0.1, 0.15) is 68.6 Å². The van der Waals surface area contributed by atoms with Gasteiger partial charge in [-0.2, -0.15) is 0 Å². The summed E-state index contributed by atoms with van der Waals surface area (Å²) in [6.07, 6.45) is 7.78. The van der Waals surface area contributed by atoms with Gasteiger partial charge in [-0.25, -0.2) is 0 Å². The number of phenols is 1. The van der Waals surface area contributed by atoms with Crippen molar-refractivity contribution in [3.8, 4) is 5.75 Å². The number of likely N-dealkylation sites (N-methyl/N-ethyl adjacent to an activating group) is 1. The number of hydrogen-bond acceptors (Lipinski definition) is 10. The zero-order chi connectivity index (χ0) is 33.4. The average molecular weight is 637 g/mol. The molecule has 5 aliphatic carbocycles. The molecule has 0 radical (unpaired) electrons. The minimum Gasteiger partial charge on any atom is -0.508 e. The van der Waals surface area contributed by atoms with Crippen LogP contribution in [0.2, 0.25) is 0 Å². The number of nitrogens with zero attached hydrogens (tertiary/aromatic N) is 2. The minimum absolute atomic E-state index is 0.0610. The highest BCUT2D eigenvalue weighted by Crippen LogP contribution is 2.54. The molecule has 1 aromatic rings. The Labute approximate surface area is 270 Å². The maximum absolute atomic E-state index is 14.1. The maximum Gasteiger partial charge on any atom is 0.255 e. The van der Waals surface area contributed by atoms with Gasteiger partial charge < -0.3 is 36.4 Å². The van der Waals surface area contributed by atoms with Crippen LogP contribution in [-0.4, -0.2) is 88.7 Å². The molecule has 2 bridgehead atoms. The maximum atomic E-state index is 14.1. The number of hydrogen-bond donors (Lipinski definition) is 6. The van der Waals surface area contributed by atoms with Gasteiger partial charge in [-0.15, -0.1) is 0 Å². The first kappa shape index (κ1) is 32.5. The van der Waals surface area contributed by atoms with Gasteiger partial charge in [0.05, 0.1) is 11.6 Å². The molecule has 6 rings (SSSR count). The first-order valence-electron chi connectivity index (χ1n) is 16.6. The summed E-state index contributed by atoms with van der Waals surface area (Å²) < 4.78 is 0. The highest BCUT2D eigenvalue weighted by Gasteiger charge is 2.64. The van der Waals surface area contributed by atoms with Gasteiger partial charge in [0, 0.05) is 43.9 Å². The summed E-state index contributed by atoms with van der Waals surface area (Å²) in [7, 11) is 7.00. The number of carbonyl (C=O) groups excluding carboxylic acids is 3. The molecular formula is C35H48N4O7. The minimum atomic E-state index is -2.65. The van der Waals surface area contributed by atoms with Crippen molar-refractivity contribution in [3.63, 3.8) is 0 Å². The number of aliphatic hydroxyl groups is 3. The van der Waals surface area contributed by atoms with Crippen LogP contribution in [0.5, 0.6) is 5.75 Å². The summed E-state index contributed by atoms with van der Waals surface area (Å²) in [6, 6.07) is 0.905. The molecule has 2 unspecified atom stereocenters. The van der Waals surface area contributed by atoms with Gasteiger partial charge in [-0.05, 0) is 99.9 Å². The number of primary amides is 1. The summed E-state index contributed by atoms with van der Waals surface area (Å²) in [5.41, 5.74) is 4.32. The van der Waals surface area contributed by atoms with E-state index in [1.54, 1.807) is 20.2 Å². The van der Waals surface area contributed by atoms with E-state index in [1.807, 2.05) is 19.0 Å². The van der Waals surface area contributed by atoms with E-state index in [1.165, 1.54) is 30.6 Å². The normalized spacial score (nSPS) is 33.9. The molecule has 0 aliphatic heterocycles. The van der Waals surface area contributed by atoms with E-state index in [9.17, 15) is 34.8 Å². The third kappa shape index (κ3) is 4.93. The molecule has 11 nitrogen and oxygen atoms in total. The molecule has 3 fully saturated rings. The van der Waals surface area contributed by atoms with E-state index in [2.05, 4.69) is 12.2 Å². The molecule has 46 heavy (non-hydrogen) atoms. The average Bonchev–Trinajstić information content (AvgIpc) is 2.96. The Kier molecular flexibility index (Phi) is 8.26. The molecule has 250 valence electrons. The van der Waals surface area contributed by atoms with Gasteiger partial charge in [0.2, 0.25) is 5.78 Å². The van der Waals surface area contributed by atoms with Crippen molar-refractivity contribution >= 4 is 28.9 Å². The molecule has 0 heterocycles. The van der Waals surface area contributed by atoms with Crippen LogP contribution < -0.4 is 16.0 Å². The van der Waals surface area contributed by atoms with Crippen molar-refractivity contribution in [2.75, 3.05) is 33.1 Å². The number of aromatic hydroxyl groups is 1. The highest BCUT2D eigenvalue weighted by molar-refractivity contribution is 6.24. The predicted octanol–water partition coefficient (Wildman–Crippen LogP) is 2.72. The van der Waals surface area contributed by atoms with Crippen LogP contribution in [0, 0.1) is 29.6 Å². The summed E-state index contributed by atoms with van der Waals surface area (Å²) in [5.74, 6) is -4.15. The molecule has 7 N–H and O–H groups in total. The monoisotopic (exact) mass is 636 g/mol. The number of Topliss-reactive ketones (excluding diaryl/α,β-unsaturated/α-hetero) is 2. The van der Waals surface area contributed by atoms with E-state index in [4.69, 9.17) is 5.73 Å². The molecule has 6 atom stereocenters. The van der Waals surface area contributed by atoms with E-state index < -0.39 is 58.0 Å². The van der Waals surface area contributed by atoms with Crippen molar-refractivity contribution in [1.82, 2.24) is 10.2 Å². The molecular weight excluding hydrogens is 588 g/mol. The van der Waals surface area contributed by atoms with Crippen LogP contribution in [-0.2, 0) is 27.3 Å². The second-order valence-electron chi connectivity index (χ2n) is 14.9. The molecule has 11 heteroatoms. The molecule has 1 aromatic carbocycles. The van der Waals surface area contributed by atoms with Gasteiger partial charge in [-0.3, -0.25) is 19.3 Å². The fraction of sp³-hybridized carbons (Fsp3) is 0.629. The Balaban J connectivity index is 1.37. The number of aliphatic hydroxyl groups excluding tert-OH is 2. The lowest BCUT2D eigenvalue weighted by Gasteiger charge is -2.50.